The second-order valence-electron chi connectivity index (χ2n) is 5.42. The van der Waals surface area contributed by atoms with Gasteiger partial charge in [0.05, 0.1) is 18.3 Å². The van der Waals surface area contributed by atoms with Crippen LogP contribution in [-0.2, 0) is 11.3 Å². The molecule has 1 saturated heterocycles. The summed E-state index contributed by atoms with van der Waals surface area (Å²) in [4.78, 5) is 17.4. The second kappa shape index (κ2) is 5.69. The van der Waals surface area contributed by atoms with Crippen molar-refractivity contribution in [2.45, 2.75) is 31.8 Å². The molecular formula is C14H17BrN2O3. The van der Waals surface area contributed by atoms with Crippen LogP contribution in [0.15, 0.2) is 16.7 Å². The lowest BCUT2D eigenvalue weighted by Crippen LogP contribution is -2.30. The van der Waals surface area contributed by atoms with E-state index in [-0.39, 0.29) is 6.04 Å². The van der Waals surface area contributed by atoms with Crippen LogP contribution in [0.3, 0.4) is 0 Å². The van der Waals surface area contributed by atoms with Gasteiger partial charge in [-0.3, -0.25) is 9.88 Å². The highest BCUT2D eigenvalue weighted by Crippen LogP contribution is 2.39. The Hall–Kier alpha value is -1.14. The summed E-state index contributed by atoms with van der Waals surface area (Å²) in [5.74, 6) is 0.520. The molecule has 3 heterocycles. The first-order valence-electron chi connectivity index (χ1n) is 6.87. The molecule has 1 unspecified atom stereocenters. The lowest BCUT2D eigenvalue weighted by molar-refractivity contribution is 0.0519. The van der Waals surface area contributed by atoms with E-state index in [9.17, 15) is 9.90 Å². The van der Waals surface area contributed by atoms with Crippen LogP contribution in [-0.4, -0.2) is 34.3 Å². The Labute approximate surface area is 126 Å². The van der Waals surface area contributed by atoms with Crippen LogP contribution in [0.1, 0.15) is 36.6 Å². The van der Waals surface area contributed by atoms with Crippen LogP contribution >= 0.6 is 15.9 Å². The number of halogens is 1. The lowest BCUT2D eigenvalue weighted by Gasteiger charge is -2.28. The number of ether oxygens (including phenoxy) is 1. The Morgan fingerprint density at radius 3 is 2.95 bits per heavy atom. The molecule has 6 heteroatoms. The highest BCUT2D eigenvalue weighted by Gasteiger charge is 2.36. The van der Waals surface area contributed by atoms with E-state index in [0.717, 1.165) is 48.2 Å². The smallest absolute Gasteiger partial charge is 0.408 e. The van der Waals surface area contributed by atoms with Crippen LogP contribution in [0.5, 0.6) is 0 Å². The fourth-order valence-corrected chi connectivity index (χ4v) is 3.48. The number of pyridine rings is 1. The van der Waals surface area contributed by atoms with Gasteiger partial charge in [0.25, 0.3) is 0 Å². The highest BCUT2D eigenvalue weighted by molar-refractivity contribution is 9.10. The summed E-state index contributed by atoms with van der Waals surface area (Å²) >= 11 is 3.40. The van der Waals surface area contributed by atoms with Crippen molar-refractivity contribution in [3.8, 4) is 0 Å². The maximum Gasteiger partial charge on any atom is 0.408 e. The molecule has 1 atom stereocenters. The van der Waals surface area contributed by atoms with Gasteiger partial charge in [-0.2, -0.15) is 0 Å². The fraction of sp³-hybridized carbons (Fsp3) is 0.571. The molecule has 2 aliphatic heterocycles. The summed E-state index contributed by atoms with van der Waals surface area (Å²) < 4.78 is 6.27. The van der Waals surface area contributed by atoms with Gasteiger partial charge in [0.1, 0.15) is 0 Å². The Morgan fingerprint density at radius 2 is 2.25 bits per heavy atom. The summed E-state index contributed by atoms with van der Waals surface area (Å²) in [6.07, 6.45) is 3.75. The minimum Gasteiger partial charge on any atom is -0.465 e. The number of carbonyl (C=O) groups is 1. The van der Waals surface area contributed by atoms with Crippen LogP contribution in [0, 0.1) is 5.92 Å². The van der Waals surface area contributed by atoms with Crippen molar-refractivity contribution in [1.29, 1.82) is 0 Å². The van der Waals surface area contributed by atoms with Gasteiger partial charge in [0.15, 0.2) is 0 Å². The van der Waals surface area contributed by atoms with E-state index < -0.39 is 6.09 Å². The van der Waals surface area contributed by atoms with E-state index in [0.29, 0.717) is 12.5 Å². The zero-order valence-electron chi connectivity index (χ0n) is 11.1. The van der Waals surface area contributed by atoms with Crippen LogP contribution in [0.2, 0.25) is 0 Å². The van der Waals surface area contributed by atoms with Crippen LogP contribution in [0.25, 0.3) is 0 Å². The van der Waals surface area contributed by atoms with Crippen LogP contribution < -0.4 is 0 Å². The van der Waals surface area contributed by atoms with E-state index >= 15 is 0 Å². The molecule has 1 amide bonds. The van der Waals surface area contributed by atoms with Crippen molar-refractivity contribution < 1.29 is 14.6 Å². The number of aromatic nitrogens is 1. The average Bonchev–Trinajstić information content (AvgIpc) is 2.78. The summed E-state index contributed by atoms with van der Waals surface area (Å²) in [6.45, 7) is 2.00. The molecule has 0 spiro atoms. The monoisotopic (exact) mass is 340 g/mol. The van der Waals surface area contributed by atoms with Crippen molar-refractivity contribution in [2.24, 2.45) is 5.92 Å². The molecule has 108 valence electrons. The van der Waals surface area contributed by atoms with E-state index in [1.54, 1.807) is 6.20 Å². The van der Waals surface area contributed by atoms with Gasteiger partial charge < -0.3 is 9.84 Å². The number of carboxylic acid groups (broad SMARTS) is 1. The van der Waals surface area contributed by atoms with Crippen molar-refractivity contribution in [3.63, 3.8) is 0 Å². The Balaban J connectivity index is 1.83. The molecular weight excluding hydrogens is 324 g/mol. The Morgan fingerprint density at radius 1 is 1.50 bits per heavy atom. The van der Waals surface area contributed by atoms with E-state index in [1.165, 1.54) is 4.90 Å². The van der Waals surface area contributed by atoms with Gasteiger partial charge in [-0.15, -0.1) is 0 Å². The van der Waals surface area contributed by atoms with E-state index in [4.69, 9.17) is 4.74 Å². The molecule has 1 aromatic heterocycles. The zero-order valence-corrected chi connectivity index (χ0v) is 12.7. The standard InChI is InChI=1S/C14H17BrN2O3/c15-11-6-10-8-17(14(18)19)12(13(10)16-7-11)5-9-1-3-20-4-2-9/h6-7,9,12H,1-5,8H2,(H,18,19). The number of hydrogen-bond acceptors (Lipinski definition) is 3. The third-order valence-electron chi connectivity index (χ3n) is 4.14. The first kappa shape index (κ1) is 13.8. The first-order valence-corrected chi connectivity index (χ1v) is 7.66. The maximum atomic E-state index is 11.5. The summed E-state index contributed by atoms with van der Waals surface area (Å²) in [5.41, 5.74) is 1.93. The average molecular weight is 341 g/mol. The third-order valence-corrected chi connectivity index (χ3v) is 4.58. The topological polar surface area (TPSA) is 62.7 Å². The maximum absolute atomic E-state index is 11.5. The predicted octanol–water partition coefficient (Wildman–Crippen LogP) is 3.20. The normalized spacial score (nSPS) is 22.9. The molecule has 0 radical (unpaired) electrons. The molecule has 2 aliphatic rings. The quantitative estimate of drug-likeness (QED) is 0.897. The minimum atomic E-state index is -0.865. The van der Waals surface area contributed by atoms with Gasteiger partial charge in [0, 0.05) is 23.9 Å². The number of nitrogens with zero attached hydrogens (tertiary/aromatic N) is 2. The third kappa shape index (κ3) is 2.67. The van der Waals surface area contributed by atoms with Crippen molar-refractivity contribution >= 4 is 22.0 Å². The van der Waals surface area contributed by atoms with Gasteiger partial charge in [-0.1, -0.05) is 0 Å². The Bertz CT molecular complexity index is 517. The number of fused-ring (bicyclic) bond motifs is 1. The SMILES string of the molecule is O=C(O)N1Cc2cc(Br)cnc2C1CC1CCOCC1. The second-order valence-corrected chi connectivity index (χ2v) is 6.33. The first-order chi connectivity index (χ1) is 9.65. The number of rotatable bonds is 2. The molecule has 20 heavy (non-hydrogen) atoms. The lowest BCUT2D eigenvalue weighted by atomic mass is 9.91. The van der Waals surface area contributed by atoms with Crippen molar-refractivity contribution in [2.75, 3.05) is 13.2 Å². The molecule has 5 nitrogen and oxygen atoms in total. The fourth-order valence-electron chi connectivity index (χ4n) is 3.10. The molecule has 1 N–H and O–H groups in total. The molecule has 0 aromatic carbocycles. The number of amides is 1. The zero-order chi connectivity index (χ0) is 14.1. The molecule has 0 aliphatic carbocycles. The minimum absolute atomic E-state index is 0.112. The predicted molar refractivity (Wildman–Crippen MR) is 76.4 cm³/mol. The molecule has 0 bridgehead atoms. The Kier molecular flexibility index (Phi) is 3.94. The molecule has 1 aromatic rings. The van der Waals surface area contributed by atoms with E-state index in [2.05, 4.69) is 20.9 Å². The van der Waals surface area contributed by atoms with Gasteiger partial charge in [0.2, 0.25) is 0 Å². The van der Waals surface area contributed by atoms with E-state index in [1.807, 2.05) is 6.07 Å². The largest absolute Gasteiger partial charge is 0.465 e. The van der Waals surface area contributed by atoms with Gasteiger partial charge >= 0.3 is 6.09 Å². The molecule has 0 saturated carbocycles. The summed E-state index contributed by atoms with van der Waals surface area (Å²) in [6, 6.07) is 1.86. The van der Waals surface area contributed by atoms with Crippen molar-refractivity contribution in [3.05, 3.63) is 28.0 Å². The van der Waals surface area contributed by atoms with Crippen molar-refractivity contribution in [1.82, 2.24) is 9.88 Å². The summed E-state index contributed by atoms with van der Waals surface area (Å²) in [5, 5.41) is 9.42. The van der Waals surface area contributed by atoms with Gasteiger partial charge in [-0.25, -0.2) is 4.79 Å². The van der Waals surface area contributed by atoms with Crippen LogP contribution in [0.4, 0.5) is 4.79 Å². The molecule has 3 rings (SSSR count). The van der Waals surface area contributed by atoms with Gasteiger partial charge in [-0.05, 0) is 52.7 Å². The summed E-state index contributed by atoms with van der Waals surface area (Å²) in [7, 11) is 0. The highest BCUT2D eigenvalue weighted by atomic mass is 79.9. The molecule has 1 fully saturated rings. The number of hydrogen-bond donors (Lipinski definition) is 1.